The lowest BCUT2D eigenvalue weighted by Crippen LogP contribution is -2.11. The number of carboxylic acid groups (broad SMARTS) is 1. The third-order valence-electron chi connectivity index (χ3n) is 3.81. The molecule has 100 valence electrons. The van der Waals surface area contributed by atoms with Crippen LogP contribution in [0.25, 0.3) is 5.65 Å². The molecule has 0 amide bonds. The lowest BCUT2D eigenvalue weighted by Gasteiger charge is -2.20. The molecule has 0 spiro atoms. The Morgan fingerprint density at radius 1 is 1.32 bits per heavy atom. The third kappa shape index (κ3) is 2.45. The first-order valence-electron chi connectivity index (χ1n) is 6.79. The highest BCUT2D eigenvalue weighted by molar-refractivity contribution is 5.69. The molecule has 0 aromatic carbocycles. The van der Waals surface area contributed by atoms with Crippen molar-refractivity contribution in [3.05, 3.63) is 29.7 Å². The van der Waals surface area contributed by atoms with Crippen LogP contribution in [0.5, 0.6) is 0 Å². The van der Waals surface area contributed by atoms with E-state index in [1.54, 1.807) is 10.7 Å². The number of hydrogen-bond acceptors (Lipinski definition) is 3. The van der Waals surface area contributed by atoms with Gasteiger partial charge in [-0.2, -0.15) is 5.10 Å². The molecular formula is C14H17N3O2. The SMILES string of the molecule is O=C(O)Cc1cnc2ccc(C3CCCCC3)nn12. The molecule has 0 bridgehead atoms. The Bertz CT molecular complexity index is 600. The smallest absolute Gasteiger partial charge is 0.309 e. The van der Waals surface area contributed by atoms with Crippen LogP contribution in [-0.2, 0) is 11.2 Å². The molecule has 5 heteroatoms. The first-order valence-corrected chi connectivity index (χ1v) is 6.79. The maximum atomic E-state index is 10.8. The molecule has 2 heterocycles. The van der Waals surface area contributed by atoms with Gasteiger partial charge in [-0.05, 0) is 25.0 Å². The molecule has 5 nitrogen and oxygen atoms in total. The summed E-state index contributed by atoms with van der Waals surface area (Å²) < 4.78 is 1.68. The molecule has 1 aliphatic carbocycles. The van der Waals surface area contributed by atoms with Crippen LogP contribution in [0.2, 0.25) is 0 Å². The minimum atomic E-state index is -0.855. The summed E-state index contributed by atoms with van der Waals surface area (Å²) in [6.45, 7) is 0. The predicted molar refractivity (Wildman–Crippen MR) is 70.2 cm³/mol. The summed E-state index contributed by atoms with van der Waals surface area (Å²) in [5.74, 6) is -0.343. The van der Waals surface area contributed by atoms with E-state index in [9.17, 15) is 4.79 Å². The fourth-order valence-corrected chi connectivity index (χ4v) is 2.83. The second-order valence-electron chi connectivity index (χ2n) is 5.18. The molecule has 3 rings (SSSR count). The number of imidazole rings is 1. The Hall–Kier alpha value is -1.91. The van der Waals surface area contributed by atoms with Gasteiger partial charge >= 0.3 is 5.97 Å². The molecule has 2 aromatic rings. The van der Waals surface area contributed by atoms with E-state index in [1.165, 1.54) is 32.1 Å². The standard InChI is InChI=1S/C14H17N3O2/c18-14(19)8-11-9-15-13-7-6-12(16-17(11)13)10-4-2-1-3-5-10/h6-7,9-10H,1-5,8H2,(H,18,19). The maximum absolute atomic E-state index is 10.8. The molecule has 1 aliphatic rings. The molecule has 1 N–H and O–H groups in total. The summed E-state index contributed by atoms with van der Waals surface area (Å²) in [6.07, 6.45) is 7.76. The number of aliphatic carboxylic acids is 1. The third-order valence-corrected chi connectivity index (χ3v) is 3.81. The number of aromatic nitrogens is 3. The highest BCUT2D eigenvalue weighted by atomic mass is 16.4. The van der Waals surface area contributed by atoms with E-state index in [0.29, 0.717) is 11.6 Å². The number of hydrogen-bond donors (Lipinski definition) is 1. The van der Waals surface area contributed by atoms with Crippen molar-refractivity contribution >= 4 is 11.6 Å². The normalized spacial score (nSPS) is 16.8. The zero-order valence-corrected chi connectivity index (χ0v) is 10.7. The van der Waals surface area contributed by atoms with Gasteiger partial charge in [0.1, 0.15) is 0 Å². The van der Waals surface area contributed by atoms with Crippen LogP contribution in [0.4, 0.5) is 0 Å². The fraction of sp³-hybridized carbons (Fsp3) is 0.500. The number of rotatable bonds is 3. The quantitative estimate of drug-likeness (QED) is 0.919. The second kappa shape index (κ2) is 4.99. The van der Waals surface area contributed by atoms with Gasteiger partial charge in [-0.3, -0.25) is 4.79 Å². The molecule has 0 atom stereocenters. The number of fused-ring (bicyclic) bond motifs is 1. The van der Waals surface area contributed by atoms with Gasteiger partial charge in [0.25, 0.3) is 0 Å². The molecule has 0 unspecified atom stereocenters. The van der Waals surface area contributed by atoms with Crippen molar-refractivity contribution in [1.82, 2.24) is 14.6 Å². The molecule has 19 heavy (non-hydrogen) atoms. The monoisotopic (exact) mass is 259 g/mol. The summed E-state index contributed by atoms with van der Waals surface area (Å²) >= 11 is 0. The highest BCUT2D eigenvalue weighted by Gasteiger charge is 2.18. The zero-order valence-electron chi connectivity index (χ0n) is 10.7. The number of nitrogens with zero attached hydrogens (tertiary/aromatic N) is 3. The number of carbonyl (C=O) groups is 1. The van der Waals surface area contributed by atoms with Gasteiger partial charge < -0.3 is 5.11 Å². The van der Waals surface area contributed by atoms with E-state index < -0.39 is 5.97 Å². The Morgan fingerprint density at radius 2 is 2.11 bits per heavy atom. The van der Waals surface area contributed by atoms with Gasteiger partial charge in [0, 0.05) is 5.92 Å². The van der Waals surface area contributed by atoms with E-state index in [0.717, 1.165) is 11.3 Å². The van der Waals surface area contributed by atoms with Crippen LogP contribution >= 0.6 is 0 Å². The van der Waals surface area contributed by atoms with E-state index in [4.69, 9.17) is 5.11 Å². The summed E-state index contributed by atoms with van der Waals surface area (Å²) in [5, 5.41) is 13.5. The zero-order chi connectivity index (χ0) is 13.2. The van der Waals surface area contributed by atoms with Crippen LogP contribution in [0.15, 0.2) is 18.3 Å². The van der Waals surface area contributed by atoms with E-state index in [1.807, 2.05) is 12.1 Å². The van der Waals surface area contributed by atoms with Gasteiger partial charge in [0.2, 0.25) is 0 Å². The average molecular weight is 259 g/mol. The van der Waals surface area contributed by atoms with Gasteiger partial charge in [-0.25, -0.2) is 9.50 Å². The minimum Gasteiger partial charge on any atom is -0.481 e. The van der Waals surface area contributed by atoms with E-state index in [2.05, 4.69) is 10.1 Å². The van der Waals surface area contributed by atoms with Crippen molar-refractivity contribution in [2.75, 3.05) is 0 Å². The summed E-state index contributed by atoms with van der Waals surface area (Å²) in [4.78, 5) is 15.0. The minimum absolute atomic E-state index is 0.0394. The van der Waals surface area contributed by atoms with Gasteiger partial charge in [0.05, 0.1) is 24.0 Å². The highest BCUT2D eigenvalue weighted by Crippen LogP contribution is 2.31. The maximum Gasteiger partial charge on any atom is 0.309 e. The van der Waals surface area contributed by atoms with E-state index >= 15 is 0 Å². The Kier molecular flexibility index (Phi) is 3.19. The topological polar surface area (TPSA) is 67.5 Å². The van der Waals surface area contributed by atoms with E-state index in [-0.39, 0.29) is 6.42 Å². The molecule has 1 fully saturated rings. The molecule has 1 saturated carbocycles. The van der Waals surface area contributed by atoms with Crippen molar-refractivity contribution in [3.63, 3.8) is 0 Å². The molecule has 2 aromatic heterocycles. The lowest BCUT2D eigenvalue weighted by molar-refractivity contribution is -0.136. The average Bonchev–Trinajstić information content (AvgIpc) is 2.82. The van der Waals surface area contributed by atoms with Crippen molar-refractivity contribution in [3.8, 4) is 0 Å². The molecule has 0 radical (unpaired) electrons. The Labute approximate surface area is 111 Å². The summed E-state index contributed by atoms with van der Waals surface area (Å²) in [7, 11) is 0. The van der Waals surface area contributed by atoms with Crippen molar-refractivity contribution in [2.24, 2.45) is 0 Å². The van der Waals surface area contributed by atoms with Crippen molar-refractivity contribution in [2.45, 2.75) is 44.4 Å². The largest absolute Gasteiger partial charge is 0.481 e. The lowest BCUT2D eigenvalue weighted by atomic mass is 9.87. The van der Waals surface area contributed by atoms with Gasteiger partial charge in [-0.1, -0.05) is 19.3 Å². The summed E-state index contributed by atoms with van der Waals surface area (Å²) in [6, 6.07) is 3.96. The Balaban J connectivity index is 1.95. The fourth-order valence-electron chi connectivity index (χ4n) is 2.83. The van der Waals surface area contributed by atoms with Crippen LogP contribution in [-0.4, -0.2) is 25.7 Å². The van der Waals surface area contributed by atoms with Crippen LogP contribution in [0, 0.1) is 0 Å². The van der Waals surface area contributed by atoms with Crippen LogP contribution in [0.1, 0.15) is 49.4 Å². The van der Waals surface area contributed by atoms with Crippen molar-refractivity contribution in [1.29, 1.82) is 0 Å². The predicted octanol–water partition coefficient (Wildman–Crippen LogP) is 2.40. The van der Waals surface area contributed by atoms with Crippen LogP contribution in [0.3, 0.4) is 0 Å². The Morgan fingerprint density at radius 3 is 2.84 bits per heavy atom. The van der Waals surface area contributed by atoms with Crippen LogP contribution < -0.4 is 0 Å². The van der Waals surface area contributed by atoms with Gasteiger partial charge in [0.15, 0.2) is 5.65 Å². The first-order chi connectivity index (χ1) is 9.24. The second-order valence-corrected chi connectivity index (χ2v) is 5.18. The molecule has 0 aliphatic heterocycles. The molecule has 0 saturated heterocycles. The van der Waals surface area contributed by atoms with Crippen molar-refractivity contribution < 1.29 is 9.90 Å². The number of carboxylic acids is 1. The van der Waals surface area contributed by atoms with Gasteiger partial charge in [-0.15, -0.1) is 0 Å². The first kappa shape index (κ1) is 12.1. The molecular weight excluding hydrogens is 242 g/mol. The summed E-state index contributed by atoms with van der Waals surface area (Å²) in [5.41, 5.74) is 2.42.